The molecule has 2 aliphatic heterocycles. The Morgan fingerprint density at radius 2 is 1.67 bits per heavy atom. The molecule has 0 spiro atoms. The molecule has 0 unspecified atom stereocenters. The van der Waals surface area contributed by atoms with Gasteiger partial charge in [0.1, 0.15) is 5.75 Å². The molecule has 24 heavy (non-hydrogen) atoms. The van der Waals surface area contributed by atoms with Crippen LogP contribution < -0.4 is 15.0 Å². The number of piperazine rings is 1. The van der Waals surface area contributed by atoms with Crippen LogP contribution in [-0.2, 0) is 4.74 Å². The number of anilines is 2. The highest BCUT2D eigenvalue weighted by Gasteiger charge is 2.19. The average Bonchev–Trinajstić information content (AvgIpc) is 2.67. The number of benzene rings is 1. The topological polar surface area (TPSA) is 40.2 Å². The fourth-order valence-corrected chi connectivity index (χ4v) is 3.42. The molecule has 6 nitrogen and oxygen atoms in total. The number of morpholine rings is 1. The van der Waals surface area contributed by atoms with Gasteiger partial charge in [-0.25, -0.2) is 0 Å². The minimum absolute atomic E-state index is 0.887. The zero-order valence-electron chi connectivity index (χ0n) is 15.0. The molecule has 0 aliphatic carbocycles. The highest BCUT2D eigenvalue weighted by Crippen LogP contribution is 2.29. The van der Waals surface area contributed by atoms with Gasteiger partial charge in [0.05, 0.1) is 26.0 Å². The number of nitrogens with zero attached hydrogens (tertiary/aromatic N) is 3. The molecule has 134 valence electrons. The normalized spacial score (nSPS) is 20.2. The van der Waals surface area contributed by atoms with Gasteiger partial charge in [0.2, 0.25) is 0 Å². The van der Waals surface area contributed by atoms with Crippen molar-refractivity contribution in [2.45, 2.75) is 0 Å². The Balaban J connectivity index is 1.47. The lowest BCUT2D eigenvalue weighted by atomic mass is 10.2. The molecule has 6 heteroatoms. The maximum Gasteiger partial charge on any atom is 0.144 e. The first-order valence-corrected chi connectivity index (χ1v) is 8.93. The van der Waals surface area contributed by atoms with Gasteiger partial charge in [0, 0.05) is 71.2 Å². The van der Waals surface area contributed by atoms with Gasteiger partial charge >= 0.3 is 0 Å². The van der Waals surface area contributed by atoms with E-state index in [0.717, 1.165) is 77.0 Å². The maximum absolute atomic E-state index is 5.48. The lowest BCUT2D eigenvalue weighted by Crippen LogP contribution is -2.49. The van der Waals surface area contributed by atoms with E-state index in [-0.39, 0.29) is 0 Å². The van der Waals surface area contributed by atoms with Crippen LogP contribution in [0.2, 0.25) is 0 Å². The predicted molar refractivity (Wildman–Crippen MR) is 98.5 cm³/mol. The molecule has 0 amide bonds. The first-order valence-electron chi connectivity index (χ1n) is 8.93. The van der Waals surface area contributed by atoms with Crippen LogP contribution in [0.25, 0.3) is 0 Å². The molecule has 3 rings (SSSR count). The van der Waals surface area contributed by atoms with Crippen molar-refractivity contribution in [3.05, 3.63) is 18.2 Å². The highest BCUT2D eigenvalue weighted by molar-refractivity contribution is 5.64. The molecule has 1 aromatic carbocycles. The minimum atomic E-state index is 0.887. The summed E-state index contributed by atoms with van der Waals surface area (Å²) in [6, 6.07) is 6.41. The maximum atomic E-state index is 5.48. The molecule has 0 aromatic heterocycles. The van der Waals surface area contributed by atoms with Crippen molar-refractivity contribution in [1.82, 2.24) is 9.80 Å². The summed E-state index contributed by atoms with van der Waals surface area (Å²) in [5, 5.41) is 3.17. The summed E-state index contributed by atoms with van der Waals surface area (Å²) in [6.07, 6.45) is 0. The fourth-order valence-electron chi connectivity index (χ4n) is 3.42. The number of rotatable bonds is 6. The Bertz CT molecular complexity index is 512. The van der Waals surface area contributed by atoms with E-state index in [2.05, 4.69) is 38.2 Å². The number of hydrogen-bond donors (Lipinski definition) is 1. The largest absolute Gasteiger partial charge is 0.495 e. The molecule has 2 aliphatic rings. The van der Waals surface area contributed by atoms with Gasteiger partial charge in [-0.1, -0.05) is 0 Å². The number of nitrogens with one attached hydrogen (secondary N) is 1. The van der Waals surface area contributed by atoms with E-state index in [1.807, 2.05) is 7.05 Å². The third kappa shape index (κ3) is 4.32. The third-order valence-electron chi connectivity index (χ3n) is 5.03. The zero-order valence-corrected chi connectivity index (χ0v) is 15.0. The van der Waals surface area contributed by atoms with Gasteiger partial charge in [-0.2, -0.15) is 0 Å². The minimum Gasteiger partial charge on any atom is -0.495 e. The predicted octanol–water partition coefficient (Wildman–Crippen LogP) is 1.19. The Hall–Kier alpha value is -1.50. The van der Waals surface area contributed by atoms with Gasteiger partial charge in [0.25, 0.3) is 0 Å². The first kappa shape index (κ1) is 17.3. The summed E-state index contributed by atoms with van der Waals surface area (Å²) in [5.74, 6) is 0.907. The van der Waals surface area contributed by atoms with Gasteiger partial charge in [-0.05, 0) is 12.1 Å². The fraction of sp³-hybridized carbons (Fsp3) is 0.667. The highest BCUT2D eigenvalue weighted by atomic mass is 16.5. The second-order valence-corrected chi connectivity index (χ2v) is 6.42. The van der Waals surface area contributed by atoms with Crippen molar-refractivity contribution in [2.75, 3.05) is 89.9 Å². The lowest BCUT2D eigenvalue weighted by molar-refractivity contribution is 0.0331. The molecule has 2 saturated heterocycles. The molecular formula is C18H30N4O2. The number of methoxy groups -OCH3 is 1. The van der Waals surface area contributed by atoms with Crippen molar-refractivity contribution < 1.29 is 9.47 Å². The van der Waals surface area contributed by atoms with E-state index in [1.54, 1.807) is 7.11 Å². The number of ether oxygens (including phenoxy) is 2. The summed E-state index contributed by atoms with van der Waals surface area (Å²) in [4.78, 5) is 7.54. The average molecular weight is 334 g/mol. The van der Waals surface area contributed by atoms with Gasteiger partial charge in [-0.15, -0.1) is 0 Å². The van der Waals surface area contributed by atoms with E-state index in [0.29, 0.717) is 0 Å². The lowest BCUT2D eigenvalue weighted by Gasteiger charge is -2.37. The Kier molecular flexibility index (Phi) is 6.18. The molecule has 2 fully saturated rings. The molecule has 0 bridgehead atoms. The van der Waals surface area contributed by atoms with Gasteiger partial charge in [-0.3, -0.25) is 9.80 Å². The van der Waals surface area contributed by atoms with E-state index < -0.39 is 0 Å². The van der Waals surface area contributed by atoms with E-state index >= 15 is 0 Å². The third-order valence-corrected chi connectivity index (χ3v) is 5.03. The van der Waals surface area contributed by atoms with Crippen LogP contribution in [-0.4, -0.2) is 89.5 Å². The Morgan fingerprint density at radius 3 is 2.29 bits per heavy atom. The number of hydrogen-bond acceptors (Lipinski definition) is 6. The van der Waals surface area contributed by atoms with Crippen molar-refractivity contribution in [1.29, 1.82) is 0 Å². The van der Waals surface area contributed by atoms with Crippen molar-refractivity contribution in [2.24, 2.45) is 0 Å². The van der Waals surface area contributed by atoms with Gasteiger partial charge < -0.3 is 19.7 Å². The SMILES string of the molecule is CNc1ccc(N2CCN(CCN3CCOCC3)CC2)cc1OC. The molecule has 0 radical (unpaired) electrons. The second kappa shape index (κ2) is 8.55. The summed E-state index contributed by atoms with van der Waals surface area (Å²) in [6.45, 7) is 10.7. The van der Waals surface area contributed by atoms with E-state index in [9.17, 15) is 0 Å². The van der Waals surface area contributed by atoms with Crippen LogP contribution in [0.5, 0.6) is 5.75 Å². The molecule has 2 heterocycles. The molecule has 0 saturated carbocycles. The standard InChI is InChI=1S/C18H30N4O2/c1-19-17-4-3-16(15-18(17)23-2)22-9-7-20(8-10-22)5-6-21-11-13-24-14-12-21/h3-4,15,19H,5-14H2,1-2H3. The molecule has 1 aromatic rings. The summed E-state index contributed by atoms with van der Waals surface area (Å²) < 4.78 is 10.9. The van der Waals surface area contributed by atoms with E-state index in [4.69, 9.17) is 9.47 Å². The van der Waals surface area contributed by atoms with Gasteiger partial charge in [0.15, 0.2) is 0 Å². The summed E-state index contributed by atoms with van der Waals surface area (Å²) in [7, 11) is 3.65. The van der Waals surface area contributed by atoms with Crippen LogP contribution in [0.3, 0.4) is 0 Å². The zero-order chi connectivity index (χ0) is 16.8. The quantitative estimate of drug-likeness (QED) is 0.843. The molecular weight excluding hydrogens is 304 g/mol. The van der Waals surface area contributed by atoms with Crippen molar-refractivity contribution in [3.8, 4) is 5.75 Å². The van der Waals surface area contributed by atoms with Crippen molar-refractivity contribution in [3.63, 3.8) is 0 Å². The first-order chi connectivity index (χ1) is 11.8. The molecule has 0 atom stereocenters. The molecule has 1 N–H and O–H groups in total. The summed E-state index contributed by atoms with van der Waals surface area (Å²) in [5.41, 5.74) is 2.28. The van der Waals surface area contributed by atoms with Crippen LogP contribution >= 0.6 is 0 Å². The monoisotopic (exact) mass is 334 g/mol. The summed E-state index contributed by atoms with van der Waals surface area (Å²) >= 11 is 0. The second-order valence-electron chi connectivity index (χ2n) is 6.42. The van der Waals surface area contributed by atoms with Crippen LogP contribution in [0.1, 0.15) is 0 Å². The Morgan fingerprint density at radius 1 is 1.00 bits per heavy atom. The van der Waals surface area contributed by atoms with E-state index in [1.165, 1.54) is 5.69 Å². The Labute approximate surface area is 145 Å². The van der Waals surface area contributed by atoms with Crippen LogP contribution in [0.15, 0.2) is 18.2 Å². The van der Waals surface area contributed by atoms with Crippen LogP contribution in [0, 0.1) is 0 Å². The van der Waals surface area contributed by atoms with Crippen molar-refractivity contribution >= 4 is 11.4 Å². The smallest absolute Gasteiger partial charge is 0.144 e. The van der Waals surface area contributed by atoms with Crippen LogP contribution in [0.4, 0.5) is 11.4 Å².